The van der Waals surface area contributed by atoms with Gasteiger partial charge in [0.1, 0.15) is 0 Å². The van der Waals surface area contributed by atoms with Crippen LogP contribution in [-0.2, 0) is 62.2 Å². The maximum absolute atomic E-state index is 2.64. The van der Waals surface area contributed by atoms with Gasteiger partial charge in [-0.2, -0.15) is 0 Å². The fourth-order valence-corrected chi connectivity index (χ4v) is 6.62. The highest BCUT2D eigenvalue weighted by atomic mass is 14.2. The van der Waals surface area contributed by atoms with Gasteiger partial charge in [0.25, 0.3) is 0 Å². The van der Waals surface area contributed by atoms with Gasteiger partial charge in [-0.05, 0) is 144 Å². The molecule has 2 aliphatic rings. The third-order valence-corrected chi connectivity index (χ3v) is 9.01. The largest absolute Gasteiger partial charge is 0.0561 e. The Hall–Kier alpha value is -2.34. The monoisotopic (exact) mass is 506 g/mol. The molecule has 202 valence electrons. The van der Waals surface area contributed by atoms with Crippen molar-refractivity contribution in [3.8, 4) is 0 Å². The second kappa shape index (κ2) is 11.0. The predicted molar refractivity (Wildman–Crippen MR) is 165 cm³/mol. The van der Waals surface area contributed by atoms with Crippen LogP contribution in [0.15, 0.2) is 48.5 Å². The molecule has 0 aliphatic heterocycles. The van der Waals surface area contributed by atoms with Crippen molar-refractivity contribution in [1.82, 2.24) is 0 Å². The molecule has 0 nitrogen and oxygen atoms in total. The quantitative estimate of drug-likeness (QED) is 0.285. The third kappa shape index (κ3) is 6.62. The van der Waals surface area contributed by atoms with E-state index < -0.39 is 0 Å². The first-order chi connectivity index (χ1) is 18.0. The summed E-state index contributed by atoms with van der Waals surface area (Å²) in [6, 6.07) is 20.3. The van der Waals surface area contributed by atoms with Gasteiger partial charge >= 0.3 is 0 Å². The molecule has 0 spiro atoms. The van der Waals surface area contributed by atoms with Gasteiger partial charge in [0.15, 0.2) is 0 Å². The summed E-state index contributed by atoms with van der Waals surface area (Å²) in [6.07, 6.45) is 14.6. The maximum Gasteiger partial charge on any atom is -0.0132 e. The van der Waals surface area contributed by atoms with Gasteiger partial charge in [0, 0.05) is 0 Å². The molecule has 3 aromatic carbocycles. The van der Waals surface area contributed by atoms with Gasteiger partial charge in [-0.25, -0.2) is 0 Å². The molecule has 0 unspecified atom stereocenters. The van der Waals surface area contributed by atoms with Crippen LogP contribution in [0, 0.1) is 0 Å². The zero-order valence-electron chi connectivity index (χ0n) is 25.1. The SMILES string of the molecule is CC(C)(C)c1cc2cc(c1)CCCc1cc(c3cc1CCCc1cc(cc(C(C)(C)C)c1)CCC3)CCC2. The Labute approximate surface area is 233 Å². The maximum atomic E-state index is 2.64. The summed E-state index contributed by atoms with van der Waals surface area (Å²) in [5, 5.41) is 0. The van der Waals surface area contributed by atoms with Gasteiger partial charge in [0.05, 0.1) is 0 Å². The van der Waals surface area contributed by atoms with Gasteiger partial charge in [-0.15, -0.1) is 0 Å². The van der Waals surface area contributed by atoms with E-state index in [-0.39, 0.29) is 10.8 Å². The van der Waals surface area contributed by atoms with Crippen molar-refractivity contribution in [2.45, 2.75) is 129 Å². The molecule has 0 radical (unpaired) electrons. The molecule has 0 heteroatoms. The highest BCUT2D eigenvalue weighted by molar-refractivity contribution is 5.41. The standard InChI is InChI=1S/C38H50/c1-37(2,3)35-21-27-11-7-15-31-25-32(16-8-12-28(19-27)22-35)34-18-10-14-30-20-29(13-9-17-33(31)26-34)23-36(24-30)38(4,5)6/h19-26H,7-18H2,1-6H3. The highest BCUT2D eigenvalue weighted by Gasteiger charge is 2.19. The first kappa shape index (κ1) is 27.2. The lowest BCUT2D eigenvalue weighted by Gasteiger charge is -2.23. The van der Waals surface area contributed by atoms with Gasteiger partial charge in [-0.3, -0.25) is 0 Å². The zero-order valence-corrected chi connectivity index (χ0v) is 25.1. The average molecular weight is 507 g/mol. The van der Waals surface area contributed by atoms with Crippen LogP contribution < -0.4 is 0 Å². The molecule has 0 fully saturated rings. The van der Waals surface area contributed by atoms with Crippen LogP contribution in [0.5, 0.6) is 0 Å². The van der Waals surface area contributed by atoms with Crippen LogP contribution in [0.1, 0.15) is 123 Å². The first-order valence-corrected chi connectivity index (χ1v) is 15.4. The molecule has 5 rings (SSSR count). The van der Waals surface area contributed by atoms with Crippen LogP contribution in [0.25, 0.3) is 0 Å². The van der Waals surface area contributed by atoms with E-state index >= 15 is 0 Å². The molecule has 0 amide bonds. The minimum atomic E-state index is 0.212. The van der Waals surface area contributed by atoms with Crippen molar-refractivity contribution in [3.63, 3.8) is 0 Å². The number of aryl methyl sites for hydroxylation is 8. The van der Waals surface area contributed by atoms with Crippen LogP contribution in [-0.4, -0.2) is 0 Å². The Morgan fingerprint density at radius 2 is 0.605 bits per heavy atom. The lowest BCUT2D eigenvalue weighted by molar-refractivity contribution is 0.586. The molecule has 38 heavy (non-hydrogen) atoms. The fourth-order valence-electron chi connectivity index (χ4n) is 6.62. The third-order valence-electron chi connectivity index (χ3n) is 9.01. The van der Waals surface area contributed by atoms with Gasteiger partial charge < -0.3 is 0 Å². The lowest BCUT2D eigenvalue weighted by atomic mass is 9.82. The minimum Gasteiger partial charge on any atom is -0.0561 e. The molecular weight excluding hydrogens is 456 g/mol. The average Bonchev–Trinajstić information content (AvgIpc) is 2.83. The molecule has 0 saturated carbocycles. The molecule has 3 aromatic rings. The van der Waals surface area contributed by atoms with Crippen LogP contribution in [0.2, 0.25) is 0 Å². The van der Waals surface area contributed by atoms with Crippen LogP contribution in [0.3, 0.4) is 0 Å². The second-order valence-corrected chi connectivity index (χ2v) is 14.4. The number of rotatable bonds is 0. The van der Waals surface area contributed by atoms with Crippen molar-refractivity contribution in [2.75, 3.05) is 0 Å². The highest BCUT2D eigenvalue weighted by Crippen LogP contribution is 2.31. The van der Waals surface area contributed by atoms with E-state index in [2.05, 4.69) is 90.1 Å². The van der Waals surface area contributed by atoms with Crippen LogP contribution in [0.4, 0.5) is 0 Å². The summed E-state index contributed by atoms with van der Waals surface area (Å²) in [6.45, 7) is 14.2. The number of fused-ring (bicyclic) bond motifs is 10. The van der Waals surface area contributed by atoms with Crippen molar-refractivity contribution < 1.29 is 0 Å². The zero-order chi connectivity index (χ0) is 26.9. The number of hydrogen-bond acceptors (Lipinski definition) is 0. The van der Waals surface area contributed by atoms with Gasteiger partial charge in [0.2, 0.25) is 0 Å². The fraction of sp³-hybridized carbons (Fsp3) is 0.526. The summed E-state index contributed by atoms with van der Waals surface area (Å²) in [5.74, 6) is 0. The molecular formula is C38H50. The van der Waals surface area contributed by atoms with Crippen molar-refractivity contribution in [1.29, 1.82) is 0 Å². The molecule has 0 N–H and O–H groups in total. The van der Waals surface area contributed by atoms with E-state index in [1.807, 2.05) is 0 Å². The van der Waals surface area contributed by atoms with E-state index in [9.17, 15) is 0 Å². The first-order valence-electron chi connectivity index (χ1n) is 15.4. The Balaban J connectivity index is 1.43. The predicted octanol–water partition coefficient (Wildman–Crippen LogP) is 9.61. The Bertz CT molecular complexity index is 1100. The van der Waals surface area contributed by atoms with Crippen molar-refractivity contribution in [3.05, 3.63) is 104 Å². The smallest absolute Gasteiger partial charge is 0.0132 e. The topological polar surface area (TPSA) is 0 Å². The molecule has 8 bridgehead atoms. The van der Waals surface area contributed by atoms with E-state index in [0.717, 1.165) is 0 Å². The Morgan fingerprint density at radius 3 is 0.842 bits per heavy atom. The van der Waals surface area contributed by atoms with Crippen molar-refractivity contribution in [2.24, 2.45) is 0 Å². The summed E-state index contributed by atoms with van der Waals surface area (Å²) in [4.78, 5) is 0. The number of hydrogen-bond donors (Lipinski definition) is 0. The Kier molecular flexibility index (Phi) is 7.91. The Morgan fingerprint density at radius 1 is 0.342 bits per heavy atom. The summed E-state index contributed by atoms with van der Waals surface area (Å²) < 4.78 is 0. The number of benzene rings is 3. The molecule has 0 heterocycles. The molecule has 0 saturated heterocycles. The summed E-state index contributed by atoms with van der Waals surface area (Å²) in [5.41, 5.74) is 16.2. The van der Waals surface area contributed by atoms with E-state index in [4.69, 9.17) is 0 Å². The molecule has 0 atom stereocenters. The summed E-state index contributed by atoms with van der Waals surface area (Å²) in [7, 11) is 0. The molecule has 2 aliphatic carbocycles. The van der Waals surface area contributed by atoms with E-state index in [1.165, 1.54) is 88.2 Å². The summed E-state index contributed by atoms with van der Waals surface area (Å²) >= 11 is 0. The van der Waals surface area contributed by atoms with E-state index in [0.29, 0.717) is 0 Å². The van der Waals surface area contributed by atoms with E-state index in [1.54, 1.807) is 44.5 Å². The normalized spacial score (nSPS) is 17.0. The second-order valence-electron chi connectivity index (χ2n) is 14.4. The minimum absolute atomic E-state index is 0.212. The lowest BCUT2D eigenvalue weighted by Crippen LogP contribution is -2.13. The van der Waals surface area contributed by atoms with Crippen LogP contribution >= 0.6 is 0 Å². The van der Waals surface area contributed by atoms with Crippen molar-refractivity contribution >= 4 is 0 Å². The molecule has 0 aromatic heterocycles. The van der Waals surface area contributed by atoms with Gasteiger partial charge in [-0.1, -0.05) is 90.1 Å².